The fraction of sp³-hybridized carbons (Fsp3) is 0.667. The van der Waals surface area contributed by atoms with Gasteiger partial charge in [-0.15, -0.1) is 0 Å². The van der Waals surface area contributed by atoms with E-state index in [4.69, 9.17) is 0 Å². The van der Waals surface area contributed by atoms with Gasteiger partial charge in [-0.05, 0) is 0 Å². The van der Waals surface area contributed by atoms with Crippen molar-refractivity contribution in [2.24, 2.45) is 0 Å². The van der Waals surface area contributed by atoms with Crippen molar-refractivity contribution in [1.82, 2.24) is 0 Å². The maximum absolute atomic E-state index is 13.3. The van der Waals surface area contributed by atoms with E-state index >= 15 is 0 Å². The highest BCUT2D eigenvalue weighted by Gasteiger charge is 2.52. The van der Waals surface area contributed by atoms with Gasteiger partial charge in [-0.1, -0.05) is 12.7 Å². The van der Waals surface area contributed by atoms with Crippen LogP contribution < -0.4 is 0 Å². The Labute approximate surface area is 90.6 Å². The van der Waals surface area contributed by atoms with Crippen LogP contribution in [0.25, 0.3) is 0 Å². The van der Waals surface area contributed by atoms with E-state index in [1.807, 2.05) is 0 Å². The molecule has 0 aliphatic carbocycles. The number of halogens is 2. The minimum absolute atomic E-state index is 0.181. The molecule has 92 valence electrons. The van der Waals surface area contributed by atoms with E-state index in [1.165, 1.54) is 0 Å². The van der Waals surface area contributed by atoms with Gasteiger partial charge in [0.2, 0.25) is 0 Å². The van der Waals surface area contributed by atoms with Crippen LogP contribution in [-0.4, -0.2) is 49.2 Å². The maximum atomic E-state index is 13.3. The van der Waals surface area contributed by atoms with Gasteiger partial charge in [-0.2, -0.15) is 8.78 Å². The highest BCUT2D eigenvalue weighted by molar-refractivity contribution is 5.78. The van der Waals surface area contributed by atoms with E-state index < -0.39 is 24.1 Å². The molecule has 1 aliphatic heterocycles. The number of hydrogen-bond acceptors (Lipinski definition) is 5. The van der Waals surface area contributed by atoms with Crippen molar-refractivity contribution in [3.63, 3.8) is 0 Å². The predicted octanol–water partition coefficient (Wildman–Crippen LogP) is 0.0847. The smallest absolute Gasteiger partial charge is 0.380 e. The summed E-state index contributed by atoms with van der Waals surface area (Å²) in [4.78, 5) is 10.9. The Morgan fingerprint density at radius 1 is 1.75 bits per heavy atom. The van der Waals surface area contributed by atoms with E-state index in [0.717, 1.165) is 6.08 Å². The molecular formula is C9H12F2O5. The second-order valence-electron chi connectivity index (χ2n) is 3.15. The number of aliphatic hydroxyl groups is 1. The summed E-state index contributed by atoms with van der Waals surface area (Å²) in [5, 5.41) is 9.26. The molecule has 7 heteroatoms. The summed E-state index contributed by atoms with van der Waals surface area (Å²) < 4.78 is 40.1. The lowest BCUT2D eigenvalue weighted by Crippen LogP contribution is -2.49. The summed E-state index contributed by atoms with van der Waals surface area (Å²) in [7, 11) is 0. The summed E-state index contributed by atoms with van der Waals surface area (Å²) in [5.41, 5.74) is 0. The number of rotatable bonds is 5. The predicted molar refractivity (Wildman–Crippen MR) is 47.8 cm³/mol. The van der Waals surface area contributed by atoms with Gasteiger partial charge >= 0.3 is 11.9 Å². The van der Waals surface area contributed by atoms with Crippen molar-refractivity contribution in [3.8, 4) is 0 Å². The number of hydrogen-bond donors (Lipinski definition) is 1. The van der Waals surface area contributed by atoms with Crippen LogP contribution in [0.4, 0.5) is 8.78 Å². The molecule has 2 unspecified atom stereocenters. The first kappa shape index (κ1) is 13.0. The van der Waals surface area contributed by atoms with Crippen LogP contribution in [0.5, 0.6) is 0 Å². The molecule has 0 aromatic rings. The van der Waals surface area contributed by atoms with Crippen LogP contribution in [0.1, 0.15) is 0 Å². The van der Waals surface area contributed by atoms with Gasteiger partial charge in [0.05, 0.1) is 6.61 Å². The van der Waals surface area contributed by atoms with E-state index in [-0.39, 0.29) is 20.0 Å². The number of carbonyl (C=O) groups is 1. The third-order valence-corrected chi connectivity index (χ3v) is 1.98. The first-order valence-electron chi connectivity index (χ1n) is 4.53. The molecule has 1 aliphatic rings. The van der Waals surface area contributed by atoms with Crippen LogP contribution in [0.2, 0.25) is 0 Å². The molecule has 0 bridgehead atoms. The van der Waals surface area contributed by atoms with Gasteiger partial charge in [0.1, 0.15) is 19.5 Å². The summed E-state index contributed by atoms with van der Waals surface area (Å²) in [6.45, 7) is 2.49. The van der Waals surface area contributed by atoms with Gasteiger partial charge in [0.25, 0.3) is 0 Å². The molecule has 1 rings (SSSR count). The Bertz CT molecular complexity index is 263. The fourth-order valence-corrected chi connectivity index (χ4v) is 1.12. The fourth-order valence-electron chi connectivity index (χ4n) is 1.12. The Hall–Kier alpha value is -1.05. The highest BCUT2D eigenvalue weighted by atomic mass is 19.3. The summed E-state index contributed by atoms with van der Waals surface area (Å²) in [6, 6.07) is 0. The lowest BCUT2D eigenvalue weighted by Gasteiger charge is -2.23. The third-order valence-electron chi connectivity index (χ3n) is 1.98. The lowest BCUT2D eigenvalue weighted by atomic mass is 10.1. The normalized spacial score (nSPS) is 22.8. The number of esters is 1. The molecule has 0 aromatic heterocycles. The number of aliphatic hydroxyl groups excluding tert-OH is 1. The molecule has 1 saturated heterocycles. The van der Waals surface area contributed by atoms with Crippen molar-refractivity contribution in [2.75, 3.05) is 20.0 Å². The zero-order valence-corrected chi connectivity index (χ0v) is 8.40. The van der Waals surface area contributed by atoms with Crippen molar-refractivity contribution in [3.05, 3.63) is 12.7 Å². The van der Waals surface area contributed by atoms with Gasteiger partial charge in [-0.3, -0.25) is 0 Å². The first-order chi connectivity index (χ1) is 7.50. The molecule has 0 radical (unpaired) electrons. The molecule has 1 fully saturated rings. The zero-order valence-electron chi connectivity index (χ0n) is 8.40. The Morgan fingerprint density at radius 3 is 2.94 bits per heavy atom. The van der Waals surface area contributed by atoms with Crippen molar-refractivity contribution in [1.29, 1.82) is 0 Å². The summed E-state index contributed by atoms with van der Waals surface area (Å²) in [6.07, 6.45) is -2.37. The third kappa shape index (κ3) is 2.75. The molecule has 0 saturated carbocycles. The first-order valence-corrected chi connectivity index (χ1v) is 4.53. The van der Waals surface area contributed by atoms with Crippen LogP contribution >= 0.6 is 0 Å². The minimum Gasteiger partial charge on any atom is -0.457 e. The summed E-state index contributed by atoms with van der Waals surface area (Å²) in [5.74, 6) is -5.84. The van der Waals surface area contributed by atoms with Gasteiger partial charge in [-0.25, -0.2) is 4.79 Å². The van der Waals surface area contributed by atoms with E-state index in [0.29, 0.717) is 0 Å². The molecule has 5 nitrogen and oxygen atoms in total. The van der Waals surface area contributed by atoms with E-state index in [2.05, 4.69) is 20.8 Å². The molecule has 16 heavy (non-hydrogen) atoms. The number of carbonyl (C=O) groups excluding carboxylic acids is 1. The van der Waals surface area contributed by atoms with Gasteiger partial charge in [0, 0.05) is 0 Å². The molecule has 1 heterocycles. The summed E-state index contributed by atoms with van der Waals surface area (Å²) >= 11 is 0. The molecular weight excluding hydrogens is 226 g/mol. The average Bonchev–Trinajstić information content (AvgIpc) is 2.77. The molecule has 0 amide bonds. The van der Waals surface area contributed by atoms with Crippen LogP contribution in [0.3, 0.4) is 0 Å². The van der Waals surface area contributed by atoms with E-state index in [1.54, 1.807) is 0 Å². The number of ether oxygens (including phenoxy) is 3. The Balaban J connectivity index is 2.59. The molecule has 1 N–H and O–H groups in total. The average molecular weight is 238 g/mol. The van der Waals surface area contributed by atoms with Crippen LogP contribution in [-0.2, 0) is 19.0 Å². The standard InChI is InChI=1S/C9H12F2O5/c1-2-3-15-8(13)9(10,11)7(12)6-4-14-5-16-6/h2,6-7,12H,1,3-5H2. The Kier molecular flexibility index (Phi) is 4.34. The SMILES string of the molecule is C=CCOC(=O)C(F)(F)C(O)C1COCO1. The van der Waals surface area contributed by atoms with Crippen molar-refractivity contribution in [2.45, 2.75) is 18.1 Å². The number of alkyl halides is 2. The minimum atomic E-state index is -4.03. The largest absolute Gasteiger partial charge is 0.457 e. The molecule has 2 atom stereocenters. The second kappa shape index (κ2) is 5.33. The quantitative estimate of drug-likeness (QED) is 0.543. The van der Waals surface area contributed by atoms with Crippen molar-refractivity contribution >= 4 is 5.97 Å². The molecule has 0 spiro atoms. The van der Waals surface area contributed by atoms with Crippen LogP contribution in [0.15, 0.2) is 12.7 Å². The monoisotopic (exact) mass is 238 g/mol. The zero-order chi connectivity index (χ0) is 12.2. The topological polar surface area (TPSA) is 65.0 Å². The van der Waals surface area contributed by atoms with E-state index in [9.17, 15) is 18.7 Å². The van der Waals surface area contributed by atoms with Crippen LogP contribution in [0, 0.1) is 0 Å². The second-order valence-corrected chi connectivity index (χ2v) is 3.15. The Morgan fingerprint density at radius 2 is 2.44 bits per heavy atom. The van der Waals surface area contributed by atoms with Crippen molar-refractivity contribution < 1.29 is 32.9 Å². The lowest BCUT2D eigenvalue weighted by molar-refractivity contribution is -0.198. The van der Waals surface area contributed by atoms with Gasteiger partial charge < -0.3 is 19.3 Å². The maximum Gasteiger partial charge on any atom is 0.380 e. The highest BCUT2D eigenvalue weighted by Crippen LogP contribution is 2.26. The molecule has 0 aromatic carbocycles. The van der Waals surface area contributed by atoms with Gasteiger partial charge in [0.15, 0.2) is 6.10 Å².